The van der Waals surface area contributed by atoms with E-state index in [4.69, 9.17) is 4.98 Å². The zero-order chi connectivity index (χ0) is 22.0. The average molecular weight is 429 g/mol. The molecule has 2 aliphatic heterocycles. The van der Waals surface area contributed by atoms with Crippen LogP contribution < -0.4 is 10.5 Å². The summed E-state index contributed by atoms with van der Waals surface area (Å²) in [7, 11) is 0. The Bertz CT molecular complexity index is 1420. The number of rotatable bonds is 2. The topological polar surface area (TPSA) is 58.2 Å². The summed E-state index contributed by atoms with van der Waals surface area (Å²) >= 11 is 0. The summed E-state index contributed by atoms with van der Waals surface area (Å²) in [6.07, 6.45) is 8.46. The van der Waals surface area contributed by atoms with E-state index in [0.29, 0.717) is 11.3 Å². The Kier molecular flexibility index (Phi) is 4.21. The van der Waals surface area contributed by atoms with Gasteiger partial charge in [0.05, 0.1) is 17.1 Å². The van der Waals surface area contributed by atoms with Crippen molar-refractivity contribution in [1.29, 1.82) is 0 Å². The van der Waals surface area contributed by atoms with Gasteiger partial charge in [-0.25, -0.2) is 9.97 Å². The lowest BCUT2D eigenvalue weighted by Gasteiger charge is -2.46. The molecule has 164 valence electrons. The molecule has 2 aliphatic rings. The van der Waals surface area contributed by atoms with Crippen molar-refractivity contribution in [3.8, 4) is 11.3 Å². The molecule has 0 saturated carbocycles. The van der Waals surface area contributed by atoms with Crippen molar-refractivity contribution < 1.29 is 0 Å². The Balaban J connectivity index is 1.38. The number of hydrogen-bond acceptors (Lipinski definition) is 5. The van der Waals surface area contributed by atoms with Gasteiger partial charge in [0, 0.05) is 55.4 Å². The predicted octanol–water partition coefficient (Wildman–Crippen LogP) is 3.30. The first-order valence-electron chi connectivity index (χ1n) is 11.4. The summed E-state index contributed by atoms with van der Waals surface area (Å²) in [5.41, 5.74) is 6.51. The summed E-state index contributed by atoms with van der Waals surface area (Å²) in [6.45, 7) is 10.7. The minimum Gasteiger partial charge on any atom is -0.367 e. The summed E-state index contributed by atoms with van der Waals surface area (Å²) in [6, 6.07) is 7.76. The van der Waals surface area contributed by atoms with Gasteiger partial charge in [-0.05, 0) is 63.9 Å². The SMILES string of the molecule is Cc1cn2cc(-c3cc(=O)n4cc(N5CCN6CCCC6(C)C5)ccc4n3)cc(C)c2n1. The van der Waals surface area contributed by atoms with Gasteiger partial charge < -0.3 is 9.30 Å². The summed E-state index contributed by atoms with van der Waals surface area (Å²) in [5, 5.41) is 0. The van der Waals surface area contributed by atoms with Crippen LogP contribution in [0.15, 0.2) is 47.7 Å². The molecular formula is C25H28N6O. The number of hydrogen-bond donors (Lipinski definition) is 0. The maximum Gasteiger partial charge on any atom is 0.258 e. The van der Waals surface area contributed by atoms with Crippen LogP contribution in [0.5, 0.6) is 0 Å². The Morgan fingerprint density at radius 1 is 1.00 bits per heavy atom. The zero-order valence-corrected chi connectivity index (χ0v) is 18.9. The van der Waals surface area contributed by atoms with Gasteiger partial charge in [-0.15, -0.1) is 0 Å². The third kappa shape index (κ3) is 3.03. The molecule has 0 N–H and O–H groups in total. The van der Waals surface area contributed by atoms with E-state index in [1.165, 1.54) is 19.4 Å². The molecule has 0 bridgehead atoms. The van der Waals surface area contributed by atoms with Gasteiger partial charge in [0.1, 0.15) is 11.3 Å². The van der Waals surface area contributed by atoms with E-state index in [-0.39, 0.29) is 11.1 Å². The molecular weight excluding hydrogens is 400 g/mol. The number of anilines is 1. The van der Waals surface area contributed by atoms with Crippen molar-refractivity contribution in [2.45, 2.75) is 39.2 Å². The van der Waals surface area contributed by atoms with Gasteiger partial charge in [-0.1, -0.05) is 0 Å². The second-order valence-corrected chi connectivity index (χ2v) is 9.63. The highest BCUT2D eigenvalue weighted by molar-refractivity contribution is 5.66. The van der Waals surface area contributed by atoms with E-state index < -0.39 is 0 Å². The minimum absolute atomic E-state index is 0.0582. The van der Waals surface area contributed by atoms with E-state index in [2.05, 4.69) is 33.8 Å². The quantitative estimate of drug-likeness (QED) is 0.490. The molecule has 0 radical (unpaired) electrons. The smallest absolute Gasteiger partial charge is 0.258 e. The standard InChI is InChI=1S/C25H28N6O/c1-17-11-19(14-29-13-18(2)26-24(17)29)21-12-23(32)31-15-20(5-6-22(31)27-21)28-9-10-30-8-4-7-25(30,3)16-28/h5-6,11-15H,4,7-10,16H2,1-3H3. The Morgan fingerprint density at radius 3 is 2.75 bits per heavy atom. The molecule has 7 heteroatoms. The number of piperazine rings is 1. The largest absolute Gasteiger partial charge is 0.367 e. The molecule has 2 fully saturated rings. The maximum atomic E-state index is 13.1. The minimum atomic E-state index is -0.0582. The highest BCUT2D eigenvalue weighted by Crippen LogP contribution is 2.34. The molecule has 1 atom stereocenters. The molecule has 6 rings (SSSR count). The molecule has 2 saturated heterocycles. The molecule has 32 heavy (non-hydrogen) atoms. The number of imidazole rings is 1. The summed E-state index contributed by atoms with van der Waals surface area (Å²) in [4.78, 5) is 27.5. The Labute approximate surface area is 186 Å². The van der Waals surface area contributed by atoms with Gasteiger partial charge in [0.25, 0.3) is 5.56 Å². The van der Waals surface area contributed by atoms with Crippen LogP contribution in [-0.4, -0.2) is 55.4 Å². The summed E-state index contributed by atoms with van der Waals surface area (Å²) in [5.74, 6) is 0. The fourth-order valence-corrected chi connectivity index (χ4v) is 5.55. The van der Waals surface area contributed by atoms with Gasteiger partial charge >= 0.3 is 0 Å². The normalized spacial score (nSPS) is 21.5. The summed E-state index contributed by atoms with van der Waals surface area (Å²) < 4.78 is 3.69. The third-order valence-electron chi connectivity index (χ3n) is 7.24. The van der Waals surface area contributed by atoms with Crippen molar-refractivity contribution in [1.82, 2.24) is 23.7 Å². The van der Waals surface area contributed by atoms with Crippen molar-refractivity contribution in [3.63, 3.8) is 0 Å². The molecule has 7 nitrogen and oxygen atoms in total. The van der Waals surface area contributed by atoms with Crippen LogP contribution in [0.25, 0.3) is 22.6 Å². The first-order valence-corrected chi connectivity index (χ1v) is 11.4. The molecule has 4 aromatic rings. The maximum absolute atomic E-state index is 13.1. The van der Waals surface area contributed by atoms with Gasteiger partial charge in [-0.2, -0.15) is 0 Å². The van der Waals surface area contributed by atoms with Crippen LogP contribution in [0, 0.1) is 13.8 Å². The number of pyridine rings is 2. The number of fused-ring (bicyclic) bond motifs is 3. The number of nitrogens with zero attached hydrogens (tertiary/aromatic N) is 6. The van der Waals surface area contributed by atoms with Crippen molar-refractivity contribution >= 4 is 17.0 Å². The molecule has 1 unspecified atom stereocenters. The number of aromatic nitrogens is 4. The van der Waals surface area contributed by atoms with Crippen LogP contribution in [0.2, 0.25) is 0 Å². The first kappa shape index (κ1) is 19.5. The first-order chi connectivity index (χ1) is 15.4. The highest BCUT2D eigenvalue weighted by Gasteiger charge is 2.41. The van der Waals surface area contributed by atoms with Crippen LogP contribution >= 0.6 is 0 Å². The Hall–Kier alpha value is -3.19. The molecule has 0 aromatic carbocycles. The lowest BCUT2D eigenvalue weighted by Crippen LogP contribution is -2.57. The van der Waals surface area contributed by atoms with Crippen molar-refractivity contribution in [2.24, 2.45) is 0 Å². The highest BCUT2D eigenvalue weighted by atomic mass is 16.1. The van der Waals surface area contributed by atoms with E-state index in [0.717, 1.165) is 47.8 Å². The number of aryl methyl sites for hydroxylation is 2. The fraction of sp³-hybridized carbons (Fsp3) is 0.400. The van der Waals surface area contributed by atoms with Crippen molar-refractivity contribution in [3.05, 3.63) is 64.5 Å². The lowest BCUT2D eigenvalue weighted by molar-refractivity contribution is 0.138. The van der Waals surface area contributed by atoms with Crippen LogP contribution in [0.3, 0.4) is 0 Å². The Morgan fingerprint density at radius 2 is 1.88 bits per heavy atom. The van der Waals surface area contributed by atoms with Crippen LogP contribution in [0.4, 0.5) is 5.69 Å². The van der Waals surface area contributed by atoms with Crippen molar-refractivity contribution in [2.75, 3.05) is 31.1 Å². The molecule has 6 heterocycles. The van der Waals surface area contributed by atoms with Crippen LogP contribution in [0.1, 0.15) is 31.0 Å². The molecule has 4 aromatic heterocycles. The second kappa shape index (κ2) is 6.90. The second-order valence-electron chi connectivity index (χ2n) is 9.63. The third-order valence-corrected chi connectivity index (χ3v) is 7.24. The average Bonchev–Trinajstić information content (AvgIpc) is 3.34. The molecule has 0 aliphatic carbocycles. The predicted molar refractivity (Wildman–Crippen MR) is 127 cm³/mol. The monoisotopic (exact) mass is 428 g/mol. The molecule has 0 spiro atoms. The fourth-order valence-electron chi connectivity index (χ4n) is 5.55. The van der Waals surface area contributed by atoms with E-state index >= 15 is 0 Å². The van der Waals surface area contributed by atoms with Gasteiger partial charge in [0.2, 0.25) is 0 Å². The van der Waals surface area contributed by atoms with E-state index in [1.54, 1.807) is 10.5 Å². The van der Waals surface area contributed by atoms with Gasteiger partial charge in [0.15, 0.2) is 0 Å². The molecule has 0 amide bonds. The van der Waals surface area contributed by atoms with E-state index in [9.17, 15) is 4.79 Å². The van der Waals surface area contributed by atoms with Gasteiger partial charge in [-0.3, -0.25) is 14.1 Å². The lowest BCUT2D eigenvalue weighted by atomic mass is 9.95. The zero-order valence-electron chi connectivity index (χ0n) is 18.9. The van der Waals surface area contributed by atoms with Crippen LogP contribution in [-0.2, 0) is 0 Å². The van der Waals surface area contributed by atoms with E-state index in [1.807, 2.05) is 42.9 Å².